The molecule has 1 rings (SSSR count). The van der Waals surface area contributed by atoms with E-state index in [1.165, 1.54) is 0 Å². The number of halogens is 4. The fourth-order valence-electron chi connectivity index (χ4n) is 0.773. The minimum absolute atomic E-state index is 0.314. The Labute approximate surface area is 88.0 Å². The van der Waals surface area contributed by atoms with Crippen molar-refractivity contribution in [3.63, 3.8) is 0 Å². The molecule has 1 N–H and O–H groups in total. The van der Waals surface area contributed by atoms with Crippen LogP contribution in [0.2, 0.25) is 10.0 Å². The molecule has 1 aromatic rings. The number of hydrogen-bond acceptors (Lipinski definition) is 2. The van der Waals surface area contributed by atoms with Crippen molar-refractivity contribution in [2.75, 3.05) is 5.32 Å². The van der Waals surface area contributed by atoms with Gasteiger partial charge < -0.3 is 5.32 Å². The van der Waals surface area contributed by atoms with Gasteiger partial charge in [0, 0.05) is 6.92 Å². The largest absolute Gasteiger partial charge is 0.324 e. The summed E-state index contributed by atoms with van der Waals surface area (Å²) in [5.74, 6) is -2.99. The first-order valence-electron chi connectivity index (χ1n) is 3.41. The highest BCUT2D eigenvalue weighted by molar-refractivity contribution is 6.39. The van der Waals surface area contributed by atoms with Gasteiger partial charge in [0.1, 0.15) is 10.0 Å². The summed E-state index contributed by atoms with van der Waals surface area (Å²) < 4.78 is 25.6. The first-order valence-corrected chi connectivity index (χ1v) is 4.16. The number of rotatable bonds is 1. The molecule has 0 atom stereocenters. The van der Waals surface area contributed by atoms with E-state index >= 15 is 0 Å². The highest BCUT2D eigenvalue weighted by Crippen LogP contribution is 2.32. The van der Waals surface area contributed by atoms with Gasteiger partial charge >= 0.3 is 0 Å². The van der Waals surface area contributed by atoms with Crippen LogP contribution >= 0.6 is 23.2 Å². The minimum Gasteiger partial charge on any atom is -0.324 e. The molecule has 76 valence electrons. The van der Waals surface area contributed by atoms with E-state index in [1.807, 2.05) is 0 Å². The van der Waals surface area contributed by atoms with Crippen molar-refractivity contribution < 1.29 is 13.6 Å². The van der Waals surface area contributed by atoms with Gasteiger partial charge in [-0.1, -0.05) is 23.2 Å². The summed E-state index contributed by atoms with van der Waals surface area (Å²) in [4.78, 5) is 13.4. The molecule has 1 heterocycles. The van der Waals surface area contributed by atoms with Gasteiger partial charge in [-0.2, -0.15) is 13.8 Å². The summed E-state index contributed by atoms with van der Waals surface area (Å²) in [5, 5.41) is 1.06. The molecule has 0 radical (unpaired) electrons. The lowest BCUT2D eigenvalue weighted by Gasteiger charge is -2.07. The van der Waals surface area contributed by atoms with Gasteiger partial charge in [-0.05, 0) is 0 Å². The van der Waals surface area contributed by atoms with E-state index in [0.29, 0.717) is 0 Å². The fraction of sp³-hybridized carbons (Fsp3) is 0.143. The van der Waals surface area contributed by atoms with Crippen LogP contribution < -0.4 is 5.32 Å². The van der Waals surface area contributed by atoms with E-state index in [4.69, 9.17) is 23.2 Å². The van der Waals surface area contributed by atoms with Crippen molar-refractivity contribution >= 4 is 34.8 Å². The standard InChI is InChI=1S/C7H4Cl2F2N2O/c1-2(14)12-5-3(8)6(10)13-7(11)4(5)9/h1H3,(H,12,13,14). The van der Waals surface area contributed by atoms with Crippen molar-refractivity contribution in [1.29, 1.82) is 0 Å². The van der Waals surface area contributed by atoms with Crippen LogP contribution in [0.5, 0.6) is 0 Å². The fourth-order valence-corrected chi connectivity index (χ4v) is 1.19. The number of nitrogens with zero attached hydrogens (tertiary/aromatic N) is 1. The first kappa shape index (κ1) is 11.1. The van der Waals surface area contributed by atoms with Crippen molar-refractivity contribution in [3.8, 4) is 0 Å². The summed E-state index contributed by atoms with van der Waals surface area (Å²) in [6, 6.07) is 0. The van der Waals surface area contributed by atoms with Gasteiger partial charge in [0.15, 0.2) is 0 Å². The second kappa shape index (κ2) is 4.06. The van der Waals surface area contributed by atoms with Crippen LogP contribution in [0.25, 0.3) is 0 Å². The predicted octanol–water partition coefficient (Wildman–Crippen LogP) is 2.63. The van der Waals surface area contributed by atoms with Gasteiger partial charge in [-0.25, -0.2) is 0 Å². The van der Waals surface area contributed by atoms with Gasteiger partial charge in [-0.15, -0.1) is 0 Å². The van der Waals surface area contributed by atoms with Crippen molar-refractivity contribution in [2.24, 2.45) is 0 Å². The predicted molar refractivity (Wildman–Crippen MR) is 48.5 cm³/mol. The molecule has 0 bridgehead atoms. The normalized spacial score (nSPS) is 10.1. The minimum atomic E-state index is -1.22. The van der Waals surface area contributed by atoms with Gasteiger partial charge in [0.05, 0.1) is 5.69 Å². The second-order valence-corrected chi connectivity index (χ2v) is 3.13. The molecule has 1 aromatic heterocycles. The average Bonchev–Trinajstić information content (AvgIpc) is 2.09. The molecular formula is C7H4Cl2F2N2O. The number of nitrogens with one attached hydrogen (secondary N) is 1. The van der Waals surface area contributed by atoms with Crippen LogP contribution in [0.15, 0.2) is 0 Å². The van der Waals surface area contributed by atoms with E-state index in [2.05, 4.69) is 10.3 Å². The van der Waals surface area contributed by atoms with E-state index in [0.717, 1.165) is 6.92 Å². The van der Waals surface area contributed by atoms with E-state index in [1.54, 1.807) is 0 Å². The highest BCUT2D eigenvalue weighted by atomic mass is 35.5. The van der Waals surface area contributed by atoms with E-state index < -0.39 is 27.8 Å². The molecule has 1 amide bonds. The van der Waals surface area contributed by atoms with Gasteiger partial charge in [-0.3, -0.25) is 4.79 Å². The molecule has 0 aliphatic rings. The molecule has 0 saturated carbocycles. The van der Waals surface area contributed by atoms with Crippen LogP contribution in [0.3, 0.4) is 0 Å². The maximum absolute atomic E-state index is 12.8. The molecule has 3 nitrogen and oxygen atoms in total. The lowest BCUT2D eigenvalue weighted by atomic mass is 10.4. The topological polar surface area (TPSA) is 42.0 Å². The number of pyridine rings is 1. The lowest BCUT2D eigenvalue weighted by Crippen LogP contribution is -2.09. The Bertz CT molecular complexity index is 372. The maximum atomic E-state index is 12.8. The third kappa shape index (κ3) is 2.10. The Morgan fingerprint density at radius 2 is 1.71 bits per heavy atom. The van der Waals surface area contributed by atoms with E-state index in [-0.39, 0.29) is 5.69 Å². The molecule has 0 aromatic carbocycles. The summed E-state index contributed by atoms with van der Waals surface area (Å²) in [5.41, 5.74) is -0.314. The van der Waals surface area contributed by atoms with Crippen molar-refractivity contribution in [1.82, 2.24) is 4.98 Å². The van der Waals surface area contributed by atoms with Crippen LogP contribution in [0.1, 0.15) is 6.92 Å². The SMILES string of the molecule is CC(=O)Nc1c(Cl)c(F)nc(F)c1Cl. The lowest BCUT2D eigenvalue weighted by molar-refractivity contribution is -0.114. The third-order valence-corrected chi connectivity index (χ3v) is 1.99. The Morgan fingerprint density at radius 3 is 2.07 bits per heavy atom. The molecule has 0 spiro atoms. The zero-order valence-corrected chi connectivity index (χ0v) is 8.38. The molecule has 7 heteroatoms. The average molecular weight is 241 g/mol. The number of anilines is 1. The van der Waals surface area contributed by atoms with Crippen LogP contribution in [-0.2, 0) is 4.79 Å². The first-order chi connectivity index (χ1) is 6.43. The van der Waals surface area contributed by atoms with Crippen molar-refractivity contribution in [2.45, 2.75) is 6.92 Å². The molecule has 0 saturated heterocycles. The smallest absolute Gasteiger partial charge is 0.236 e. The summed E-state index contributed by atoms with van der Waals surface area (Å²) >= 11 is 10.8. The van der Waals surface area contributed by atoms with Gasteiger partial charge in [0.2, 0.25) is 17.8 Å². The molecule has 0 aliphatic carbocycles. The third-order valence-electron chi connectivity index (χ3n) is 1.30. The monoisotopic (exact) mass is 240 g/mol. The molecular weight excluding hydrogens is 237 g/mol. The van der Waals surface area contributed by atoms with E-state index in [9.17, 15) is 13.6 Å². The highest BCUT2D eigenvalue weighted by Gasteiger charge is 2.18. The Balaban J connectivity index is 3.31. The number of carbonyl (C=O) groups excluding carboxylic acids is 1. The summed E-state index contributed by atoms with van der Waals surface area (Å²) in [6.45, 7) is 1.16. The number of carbonyl (C=O) groups is 1. The number of amides is 1. The van der Waals surface area contributed by atoms with Gasteiger partial charge in [0.25, 0.3) is 0 Å². The Kier molecular flexibility index (Phi) is 3.23. The quantitative estimate of drug-likeness (QED) is 0.768. The zero-order valence-electron chi connectivity index (χ0n) is 6.87. The van der Waals surface area contributed by atoms with Crippen molar-refractivity contribution in [3.05, 3.63) is 21.9 Å². The van der Waals surface area contributed by atoms with Crippen LogP contribution in [-0.4, -0.2) is 10.9 Å². The maximum Gasteiger partial charge on any atom is 0.236 e. The van der Waals surface area contributed by atoms with Crippen LogP contribution in [0.4, 0.5) is 14.5 Å². The molecule has 14 heavy (non-hydrogen) atoms. The number of hydrogen-bond donors (Lipinski definition) is 1. The Hall–Kier alpha value is -0.940. The summed E-state index contributed by atoms with van der Waals surface area (Å²) in [6.07, 6.45) is 0. The number of aromatic nitrogens is 1. The second-order valence-electron chi connectivity index (χ2n) is 2.38. The summed E-state index contributed by atoms with van der Waals surface area (Å²) in [7, 11) is 0. The molecule has 0 aliphatic heterocycles. The Morgan fingerprint density at radius 1 is 1.29 bits per heavy atom. The molecule has 0 fully saturated rings. The zero-order chi connectivity index (χ0) is 10.9. The molecule has 0 unspecified atom stereocenters. The van der Waals surface area contributed by atoms with Crippen LogP contribution in [0, 0.1) is 11.9 Å².